The van der Waals surface area contributed by atoms with Crippen LogP contribution in [0.2, 0.25) is 0 Å². The van der Waals surface area contributed by atoms with Crippen LogP contribution >= 0.6 is 0 Å². The minimum atomic E-state index is -0.487. The van der Waals surface area contributed by atoms with Crippen molar-refractivity contribution in [3.63, 3.8) is 0 Å². The molecule has 1 aliphatic rings. The highest BCUT2D eigenvalue weighted by Gasteiger charge is 2.18. The van der Waals surface area contributed by atoms with Gasteiger partial charge in [-0.25, -0.2) is 4.98 Å². The lowest BCUT2D eigenvalue weighted by atomic mass is 10.1. The van der Waals surface area contributed by atoms with Crippen LogP contribution in [0.15, 0.2) is 6.20 Å². The van der Waals surface area contributed by atoms with Crippen LogP contribution in [0.25, 0.3) is 0 Å². The van der Waals surface area contributed by atoms with Gasteiger partial charge in [0.05, 0.1) is 11.0 Å². The molecule has 1 atom stereocenters. The summed E-state index contributed by atoms with van der Waals surface area (Å²) in [5.41, 5.74) is -0.117. The van der Waals surface area contributed by atoms with Crippen molar-refractivity contribution >= 4 is 17.5 Å². The Balaban J connectivity index is 1.94. The number of nitrogens with one attached hydrogen (secondary N) is 2. The van der Waals surface area contributed by atoms with Crippen molar-refractivity contribution in [3.05, 3.63) is 16.3 Å². The Bertz CT molecular complexity index is 462. The second-order valence-electron chi connectivity index (χ2n) is 4.64. The van der Waals surface area contributed by atoms with Crippen LogP contribution in [0, 0.1) is 10.1 Å². The fraction of sp³-hybridized carbons (Fsp3) is 0.667. The maximum Gasteiger partial charge on any atom is 0.329 e. The van der Waals surface area contributed by atoms with E-state index in [4.69, 9.17) is 4.74 Å². The lowest BCUT2D eigenvalue weighted by molar-refractivity contribution is -0.384. The lowest BCUT2D eigenvalue weighted by Crippen LogP contribution is -2.22. The molecule has 0 bridgehead atoms. The molecule has 1 fully saturated rings. The Morgan fingerprint density at radius 1 is 1.55 bits per heavy atom. The van der Waals surface area contributed by atoms with Gasteiger partial charge in [-0.15, -0.1) is 0 Å². The predicted octanol–water partition coefficient (Wildman–Crippen LogP) is 1.80. The van der Waals surface area contributed by atoms with Crippen molar-refractivity contribution in [3.8, 4) is 0 Å². The van der Waals surface area contributed by atoms with E-state index in [2.05, 4.69) is 20.6 Å². The summed E-state index contributed by atoms with van der Waals surface area (Å²) in [6.07, 6.45) is 5.61. The van der Waals surface area contributed by atoms with Crippen LogP contribution in [0.4, 0.5) is 17.5 Å². The second-order valence-corrected chi connectivity index (χ2v) is 4.64. The number of ether oxygens (including phenoxy) is 1. The molecule has 1 unspecified atom stereocenters. The first-order valence-electron chi connectivity index (χ1n) is 6.75. The lowest BCUT2D eigenvalue weighted by Gasteiger charge is -2.22. The van der Waals surface area contributed by atoms with Crippen molar-refractivity contribution in [2.45, 2.75) is 31.8 Å². The molecule has 1 aliphatic heterocycles. The van der Waals surface area contributed by atoms with E-state index in [1.165, 1.54) is 12.6 Å². The smallest absolute Gasteiger partial charge is 0.329 e. The van der Waals surface area contributed by atoms with Gasteiger partial charge in [-0.05, 0) is 25.7 Å². The summed E-state index contributed by atoms with van der Waals surface area (Å²) >= 11 is 0. The van der Waals surface area contributed by atoms with E-state index in [1.54, 1.807) is 7.05 Å². The monoisotopic (exact) mass is 281 g/mol. The quantitative estimate of drug-likeness (QED) is 0.605. The van der Waals surface area contributed by atoms with Crippen molar-refractivity contribution in [2.75, 3.05) is 30.8 Å². The molecule has 0 saturated carbocycles. The SMILES string of the molecule is CNc1ncc([N+](=O)[O-])c(NCCC2CCCCO2)n1. The van der Waals surface area contributed by atoms with Gasteiger partial charge in [0, 0.05) is 20.2 Å². The third-order valence-corrected chi connectivity index (χ3v) is 3.22. The van der Waals surface area contributed by atoms with E-state index in [0.29, 0.717) is 12.5 Å². The van der Waals surface area contributed by atoms with Crippen LogP contribution in [0.5, 0.6) is 0 Å². The molecule has 8 heteroatoms. The molecule has 2 N–H and O–H groups in total. The van der Waals surface area contributed by atoms with Gasteiger partial charge >= 0.3 is 5.69 Å². The molecule has 0 aliphatic carbocycles. The molecule has 20 heavy (non-hydrogen) atoms. The Kier molecular flexibility index (Phi) is 5.05. The Labute approximate surface area is 117 Å². The molecule has 0 radical (unpaired) electrons. The van der Waals surface area contributed by atoms with Gasteiger partial charge in [0.2, 0.25) is 11.8 Å². The number of hydrogen-bond acceptors (Lipinski definition) is 7. The van der Waals surface area contributed by atoms with E-state index in [-0.39, 0.29) is 17.6 Å². The highest BCUT2D eigenvalue weighted by molar-refractivity contribution is 5.56. The molecule has 110 valence electrons. The van der Waals surface area contributed by atoms with Gasteiger partial charge in [-0.2, -0.15) is 4.98 Å². The van der Waals surface area contributed by atoms with Crippen molar-refractivity contribution in [2.24, 2.45) is 0 Å². The predicted molar refractivity (Wildman–Crippen MR) is 74.9 cm³/mol. The number of rotatable bonds is 6. The van der Waals surface area contributed by atoms with Crippen molar-refractivity contribution < 1.29 is 9.66 Å². The Hall–Kier alpha value is -1.96. The molecule has 1 aromatic rings. The van der Waals surface area contributed by atoms with Crippen LogP contribution < -0.4 is 10.6 Å². The van der Waals surface area contributed by atoms with E-state index >= 15 is 0 Å². The highest BCUT2D eigenvalue weighted by atomic mass is 16.6. The Morgan fingerprint density at radius 3 is 3.05 bits per heavy atom. The molecule has 8 nitrogen and oxygen atoms in total. The summed E-state index contributed by atoms with van der Waals surface area (Å²) in [6, 6.07) is 0. The zero-order chi connectivity index (χ0) is 14.4. The van der Waals surface area contributed by atoms with E-state index in [1.807, 2.05) is 0 Å². The van der Waals surface area contributed by atoms with Crippen molar-refractivity contribution in [1.29, 1.82) is 0 Å². The summed E-state index contributed by atoms with van der Waals surface area (Å²) in [7, 11) is 1.67. The number of anilines is 2. The standard InChI is InChI=1S/C12H19N5O3/c1-13-12-15-8-10(17(18)19)11(16-12)14-6-5-9-4-2-3-7-20-9/h8-9H,2-7H2,1H3,(H2,13,14,15,16). The second kappa shape index (κ2) is 6.99. The summed E-state index contributed by atoms with van der Waals surface area (Å²) in [5.74, 6) is 0.595. The average molecular weight is 281 g/mol. The Morgan fingerprint density at radius 2 is 2.40 bits per heavy atom. The summed E-state index contributed by atoms with van der Waals surface area (Å²) in [4.78, 5) is 18.4. The zero-order valence-electron chi connectivity index (χ0n) is 11.5. The van der Waals surface area contributed by atoms with E-state index in [9.17, 15) is 10.1 Å². The van der Waals surface area contributed by atoms with Crippen molar-refractivity contribution in [1.82, 2.24) is 9.97 Å². The van der Waals surface area contributed by atoms with Gasteiger partial charge in [0.1, 0.15) is 6.20 Å². The molecule has 0 aromatic carbocycles. The molecular formula is C12H19N5O3. The fourth-order valence-corrected chi connectivity index (χ4v) is 2.15. The molecule has 2 rings (SSSR count). The normalized spacial score (nSPS) is 18.6. The van der Waals surface area contributed by atoms with Gasteiger partial charge < -0.3 is 15.4 Å². The molecule has 0 spiro atoms. The van der Waals surface area contributed by atoms with Gasteiger partial charge in [-0.3, -0.25) is 10.1 Å². The summed E-state index contributed by atoms with van der Waals surface area (Å²) in [6.45, 7) is 1.40. The van der Waals surface area contributed by atoms with Crippen LogP contribution in [-0.4, -0.2) is 41.2 Å². The van der Waals surface area contributed by atoms with Crippen LogP contribution in [-0.2, 0) is 4.74 Å². The van der Waals surface area contributed by atoms with Gasteiger partial charge in [0.15, 0.2) is 0 Å². The van der Waals surface area contributed by atoms with E-state index < -0.39 is 4.92 Å². The topological polar surface area (TPSA) is 102 Å². The first kappa shape index (κ1) is 14.4. The number of nitrogens with zero attached hydrogens (tertiary/aromatic N) is 3. The number of nitro groups is 1. The third-order valence-electron chi connectivity index (χ3n) is 3.22. The molecule has 1 aromatic heterocycles. The first-order chi connectivity index (χ1) is 9.70. The third kappa shape index (κ3) is 3.77. The minimum absolute atomic E-state index is 0.117. The van der Waals surface area contributed by atoms with Gasteiger partial charge in [0.25, 0.3) is 0 Å². The highest BCUT2D eigenvalue weighted by Crippen LogP contribution is 2.22. The van der Waals surface area contributed by atoms with Crippen LogP contribution in [0.3, 0.4) is 0 Å². The molecule has 1 saturated heterocycles. The number of hydrogen-bond donors (Lipinski definition) is 2. The summed E-state index contributed by atoms with van der Waals surface area (Å²) in [5, 5.41) is 16.7. The average Bonchev–Trinajstić information content (AvgIpc) is 2.48. The van der Waals surface area contributed by atoms with Crippen LogP contribution in [0.1, 0.15) is 25.7 Å². The fourth-order valence-electron chi connectivity index (χ4n) is 2.15. The maximum atomic E-state index is 10.9. The minimum Gasteiger partial charge on any atom is -0.378 e. The first-order valence-corrected chi connectivity index (χ1v) is 6.75. The molecule has 2 heterocycles. The van der Waals surface area contributed by atoms with E-state index in [0.717, 1.165) is 25.9 Å². The largest absolute Gasteiger partial charge is 0.378 e. The summed E-state index contributed by atoms with van der Waals surface area (Å²) < 4.78 is 5.62. The van der Waals surface area contributed by atoms with Gasteiger partial charge in [-0.1, -0.05) is 0 Å². The molecular weight excluding hydrogens is 262 g/mol. The zero-order valence-corrected chi connectivity index (χ0v) is 11.5. The number of aromatic nitrogens is 2. The molecule has 0 amide bonds. The maximum absolute atomic E-state index is 10.9.